The van der Waals surface area contributed by atoms with Crippen LogP contribution in [0.1, 0.15) is 28.9 Å². The lowest BCUT2D eigenvalue weighted by molar-refractivity contribution is -0.136. The first kappa shape index (κ1) is 11.8. The second kappa shape index (κ2) is 4.46. The van der Waals surface area contributed by atoms with Crippen LogP contribution in [-0.4, -0.2) is 40.2 Å². The van der Waals surface area contributed by atoms with Gasteiger partial charge < -0.3 is 4.90 Å². The normalized spacial score (nSPS) is 23.1. The van der Waals surface area contributed by atoms with Crippen LogP contribution in [0.15, 0.2) is 18.3 Å². The van der Waals surface area contributed by atoms with Crippen molar-refractivity contribution in [3.63, 3.8) is 0 Å². The van der Waals surface area contributed by atoms with Crippen LogP contribution in [0, 0.1) is 0 Å². The third kappa shape index (κ3) is 1.99. The minimum absolute atomic E-state index is 0.177. The maximum absolute atomic E-state index is 12.4. The first-order chi connectivity index (χ1) is 9.16. The van der Waals surface area contributed by atoms with Gasteiger partial charge in [0.05, 0.1) is 11.3 Å². The Morgan fingerprint density at radius 1 is 1.26 bits per heavy atom. The summed E-state index contributed by atoms with van der Waals surface area (Å²) in [6.07, 6.45) is 2.97. The van der Waals surface area contributed by atoms with Gasteiger partial charge in [0, 0.05) is 25.6 Å². The summed E-state index contributed by atoms with van der Waals surface area (Å²) in [7, 11) is 0. The zero-order valence-corrected chi connectivity index (χ0v) is 10.3. The highest BCUT2D eigenvalue weighted by molar-refractivity contribution is 6.04. The summed E-state index contributed by atoms with van der Waals surface area (Å²) in [5.41, 5.74) is 1.33. The van der Waals surface area contributed by atoms with Gasteiger partial charge in [0.2, 0.25) is 11.8 Å². The number of amides is 3. The van der Waals surface area contributed by atoms with Crippen molar-refractivity contribution in [1.29, 1.82) is 0 Å². The molecule has 6 nitrogen and oxygen atoms in total. The van der Waals surface area contributed by atoms with Crippen molar-refractivity contribution in [2.75, 3.05) is 6.54 Å². The van der Waals surface area contributed by atoms with Crippen molar-refractivity contribution >= 4 is 17.7 Å². The molecule has 0 bridgehead atoms. The van der Waals surface area contributed by atoms with Crippen LogP contribution in [0.5, 0.6) is 0 Å². The number of hydrogen-bond acceptors (Lipinski definition) is 4. The molecule has 1 unspecified atom stereocenters. The predicted octanol–water partition coefficient (Wildman–Crippen LogP) is -0.115. The van der Waals surface area contributed by atoms with Gasteiger partial charge in [0.1, 0.15) is 6.04 Å². The van der Waals surface area contributed by atoms with E-state index < -0.39 is 6.04 Å². The first-order valence-electron chi connectivity index (χ1n) is 6.25. The van der Waals surface area contributed by atoms with E-state index in [9.17, 15) is 14.4 Å². The lowest BCUT2D eigenvalue weighted by Crippen LogP contribution is -2.56. The number of hydrogen-bond donors (Lipinski definition) is 1. The SMILES string of the molecule is O=C1CCC(N2CCc3ncccc3C2=O)C(=O)N1. The van der Waals surface area contributed by atoms with Gasteiger partial charge in [0.15, 0.2) is 0 Å². The van der Waals surface area contributed by atoms with Gasteiger partial charge in [-0.2, -0.15) is 0 Å². The van der Waals surface area contributed by atoms with E-state index in [-0.39, 0.29) is 24.1 Å². The van der Waals surface area contributed by atoms with Crippen LogP contribution in [0.2, 0.25) is 0 Å². The van der Waals surface area contributed by atoms with Crippen LogP contribution in [0.4, 0.5) is 0 Å². The van der Waals surface area contributed by atoms with Gasteiger partial charge in [-0.3, -0.25) is 24.7 Å². The molecule has 19 heavy (non-hydrogen) atoms. The summed E-state index contributed by atoms with van der Waals surface area (Å²) in [5, 5.41) is 2.28. The molecule has 1 fully saturated rings. The maximum Gasteiger partial charge on any atom is 0.256 e. The topological polar surface area (TPSA) is 79.4 Å². The van der Waals surface area contributed by atoms with Crippen LogP contribution >= 0.6 is 0 Å². The largest absolute Gasteiger partial charge is 0.326 e. The summed E-state index contributed by atoms with van der Waals surface area (Å²) in [6, 6.07) is 2.89. The Balaban J connectivity index is 1.86. The van der Waals surface area contributed by atoms with Crippen LogP contribution in [0.3, 0.4) is 0 Å². The zero-order valence-electron chi connectivity index (χ0n) is 10.3. The van der Waals surface area contributed by atoms with E-state index in [1.165, 1.54) is 0 Å². The molecule has 1 N–H and O–H groups in total. The number of aromatic nitrogens is 1. The number of nitrogens with zero attached hydrogens (tertiary/aromatic N) is 2. The number of carbonyl (C=O) groups is 3. The first-order valence-corrected chi connectivity index (χ1v) is 6.25. The van der Waals surface area contributed by atoms with Gasteiger partial charge in [-0.15, -0.1) is 0 Å². The van der Waals surface area contributed by atoms with Gasteiger partial charge in [-0.1, -0.05) is 0 Å². The average molecular weight is 259 g/mol. The highest BCUT2D eigenvalue weighted by Crippen LogP contribution is 2.22. The Kier molecular flexibility index (Phi) is 2.77. The zero-order chi connectivity index (χ0) is 13.4. The summed E-state index contributed by atoms with van der Waals surface area (Å²) in [4.78, 5) is 41.0. The minimum Gasteiger partial charge on any atom is -0.326 e. The Morgan fingerprint density at radius 3 is 2.89 bits per heavy atom. The monoisotopic (exact) mass is 259 g/mol. The quantitative estimate of drug-likeness (QED) is 0.713. The highest BCUT2D eigenvalue weighted by atomic mass is 16.2. The van der Waals surface area contributed by atoms with Gasteiger partial charge >= 0.3 is 0 Å². The molecule has 0 spiro atoms. The van der Waals surface area contributed by atoms with Crippen molar-refractivity contribution in [1.82, 2.24) is 15.2 Å². The molecule has 0 aromatic carbocycles. The average Bonchev–Trinajstić information content (AvgIpc) is 2.41. The Bertz CT molecular complexity index is 570. The fraction of sp³-hybridized carbons (Fsp3) is 0.385. The molecule has 1 saturated heterocycles. The number of piperidine rings is 1. The molecular formula is C13H13N3O3. The summed E-state index contributed by atoms with van der Waals surface area (Å²) >= 11 is 0. The van der Waals surface area contributed by atoms with Crippen molar-refractivity contribution in [3.05, 3.63) is 29.6 Å². The number of imide groups is 1. The van der Waals surface area contributed by atoms with Crippen molar-refractivity contribution in [2.24, 2.45) is 0 Å². The van der Waals surface area contributed by atoms with Crippen LogP contribution in [-0.2, 0) is 16.0 Å². The van der Waals surface area contributed by atoms with E-state index in [4.69, 9.17) is 0 Å². The molecule has 0 radical (unpaired) electrons. The van der Waals surface area contributed by atoms with E-state index in [0.717, 1.165) is 5.69 Å². The Labute approximate surface area is 109 Å². The Hall–Kier alpha value is -2.24. The molecule has 2 aliphatic heterocycles. The van der Waals surface area contributed by atoms with Gasteiger partial charge in [0.25, 0.3) is 5.91 Å². The summed E-state index contributed by atoms with van der Waals surface area (Å²) in [5.74, 6) is -0.825. The molecule has 98 valence electrons. The molecule has 0 aliphatic carbocycles. The summed E-state index contributed by atoms with van der Waals surface area (Å²) in [6.45, 7) is 0.467. The van der Waals surface area contributed by atoms with Crippen LogP contribution < -0.4 is 5.32 Å². The van der Waals surface area contributed by atoms with Crippen LogP contribution in [0.25, 0.3) is 0 Å². The highest BCUT2D eigenvalue weighted by Gasteiger charge is 2.37. The van der Waals surface area contributed by atoms with E-state index in [1.54, 1.807) is 23.2 Å². The standard InChI is InChI=1S/C13H13N3O3/c17-11-4-3-10(12(18)15-11)16-7-5-9-8(13(16)19)2-1-6-14-9/h1-2,6,10H,3-5,7H2,(H,15,17,18). The van der Waals surface area contributed by atoms with Crippen molar-refractivity contribution < 1.29 is 14.4 Å². The van der Waals surface area contributed by atoms with Gasteiger partial charge in [-0.05, 0) is 18.6 Å². The maximum atomic E-state index is 12.4. The summed E-state index contributed by atoms with van der Waals surface area (Å²) < 4.78 is 0. The molecule has 1 atom stereocenters. The molecule has 6 heteroatoms. The molecule has 2 aliphatic rings. The number of nitrogens with one attached hydrogen (secondary N) is 1. The number of fused-ring (bicyclic) bond motifs is 1. The van der Waals surface area contributed by atoms with E-state index in [1.807, 2.05) is 0 Å². The second-order valence-electron chi connectivity index (χ2n) is 4.71. The fourth-order valence-corrected chi connectivity index (χ4v) is 2.59. The number of rotatable bonds is 1. The minimum atomic E-state index is -0.543. The fourth-order valence-electron chi connectivity index (χ4n) is 2.59. The van der Waals surface area contributed by atoms with Crippen molar-refractivity contribution in [2.45, 2.75) is 25.3 Å². The molecule has 1 aromatic heterocycles. The predicted molar refractivity (Wildman–Crippen MR) is 65.1 cm³/mol. The third-order valence-electron chi connectivity index (χ3n) is 3.56. The third-order valence-corrected chi connectivity index (χ3v) is 3.56. The van der Waals surface area contributed by atoms with E-state index in [0.29, 0.717) is 24.9 Å². The molecule has 3 heterocycles. The molecule has 3 rings (SSSR count). The second-order valence-corrected chi connectivity index (χ2v) is 4.71. The molecule has 3 amide bonds. The number of carbonyl (C=O) groups excluding carboxylic acids is 3. The molecule has 0 saturated carbocycles. The Morgan fingerprint density at radius 2 is 2.11 bits per heavy atom. The molecular weight excluding hydrogens is 246 g/mol. The van der Waals surface area contributed by atoms with Crippen molar-refractivity contribution in [3.8, 4) is 0 Å². The van der Waals surface area contributed by atoms with E-state index in [2.05, 4.69) is 10.3 Å². The van der Waals surface area contributed by atoms with E-state index >= 15 is 0 Å². The molecule has 1 aromatic rings. The smallest absolute Gasteiger partial charge is 0.256 e. The van der Waals surface area contributed by atoms with Gasteiger partial charge in [-0.25, -0.2) is 0 Å². The lowest BCUT2D eigenvalue weighted by atomic mass is 9.98. The lowest BCUT2D eigenvalue weighted by Gasteiger charge is -2.35. The number of pyridine rings is 1.